The van der Waals surface area contributed by atoms with E-state index in [0.29, 0.717) is 6.42 Å². The minimum atomic E-state index is -0.211. The van der Waals surface area contributed by atoms with Gasteiger partial charge in [-0.1, -0.05) is 39.0 Å². The molecule has 1 aromatic rings. The van der Waals surface area contributed by atoms with Crippen molar-refractivity contribution in [3.63, 3.8) is 0 Å². The molecule has 0 saturated carbocycles. The van der Waals surface area contributed by atoms with Crippen molar-refractivity contribution in [1.29, 1.82) is 0 Å². The Labute approximate surface area is 122 Å². The van der Waals surface area contributed by atoms with Gasteiger partial charge in [-0.25, -0.2) is 0 Å². The van der Waals surface area contributed by atoms with E-state index in [1.165, 1.54) is 0 Å². The zero-order valence-electron chi connectivity index (χ0n) is 13.5. The molecule has 1 N–H and O–H groups in total. The van der Waals surface area contributed by atoms with Crippen LogP contribution >= 0.6 is 0 Å². The second kappa shape index (κ2) is 6.29. The van der Waals surface area contributed by atoms with E-state index in [-0.39, 0.29) is 16.9 Å². The third-order valence-corrected chi connectivity index (χ3v) is 2.99. The number of hydrogen-bond acceptors (Lipinski definition) is 2. The van der Waals surface area contributed by atoms with Gasteiger partial charge in [-0.3, -0.25) is 4.79 Å². The molecule has 3 heteroatoms. The molecule has 0 spiro atoms. The van der Waals surface area contributed by atoms with Crippen molar-refractivity contribution in [3.05, 3.63) is 29.8 Å². The van der Waals surface area contributed by atoms with Gasteiger partial charge in [0.05, 0.1) is 13.5 Å². The number of hydrogen-bond donors (Lipinski definition) is 1. The summed E-state index contributed by atoms with van der Waals surface area (Å²) in [6.07, 6.45) is 1.27. The minimum Gasteiger partial charge on any atom is -0.496 e. The molecule has 0 atom stereocenters. The maximum absolute atomic E-state index is 12.2. The molecule has 0 aliphatic heterocycles. The lowest BCUT2D eigenvalue weighted by Gasteiger charge is -2.33. The van der Waals surface area contributed by atoms with Crippen molar-refractivity contribution >= 4 is 5.91 Å². The van der Waals surface area contributed by atoms with Crippen molar-refractivity contribution in [1.82, 2.24) is 5.32 Å². The fourth-order valence-corrected chi connectivity index (χ4v) is 2.81. The van der Waals surface area contributed by atoms with Crippen LogP contribution in [0.3, 0.4) is 0 Å². The van der Waals surface area contributed by atoms with E-state index >= 15 is 0 Å². The van der Waals surface area contributed by atoms with Gasteiger partial charge in [0.25, 0.3) is 0 Å². The number of para-hydroxylation sites is 1. The van der Waals surface area contributed by atoms with E-state index < -0.39 is 0 Å². The zero-order valence-corrected chi connectivity index (χ0v) is 13.5. The van der Waals surface area contributed by atoms with Gasteiger partial charge >= 0.3 is 0 Å². The first-order valence-corrected chi connectivity index (χ1v) is 7.06. The van der Waals surface area contributed by atoms with Crippen molar-refractivity contribution in [3.8, 4) is 5.75 Å². The maximum atomic E-state index is 12.2. The van der Waals surface area contributed by atoms with E-state index in [1.807, 2.05) is 24.3 Å². The third kappa shape index (κ3) is 5.64. The minimum absolute atomic E-state index is 0.0313. The normalized spacial score (nSPS) is 12.1. The number of ether oxygens (including phenoxy) is 1. The quantitative estimate of drug-likeness (QED) is 0.893. The molecule has 3 nitrogen and oxygen atoms in total. The second-order valence-corrected chi connectivity index (χ2v) is 7.16. The number of methoxy groups -OCH3 is 1. The Morgan fingerprint density at radius 2 is 1.75 bits per heavy atom. The first kappa shape index (κ1) is 16.5. The summed E-state index contributed by atoms with van der Waals surface area (Å²) in [7, 11) is 1.63. The Kier molecular flexibility index (Phi) is 5.21. The van der Waals surface area contributed by atoms with Gasteiger partial charge in [-0.2, -0.15) is 0 Å². The highest BCUT2D eigenvalue weighted by Gasteiger charge is 2.27. The van der Waals surface area contributed by atoms with E-state index in [1.54, 1.807) is 7.11 Å². The van der Waals surface area contributed by atoms with Crippen molar-refractivity contribution in [2.24, 2.45) is 5.41 Å². The Morgan fingerprint density at radius 1 is 1.15 bits per heavy atom. The molecule has 1 aromatic carbocycles. The van der Waals surface area contributed by atoms with Gasteiger partial charge in [-0.15, -0.1) is 0 Å². The third-order valence-electron chi connectivity index (χ3n) is 2.99. The van der Waals surface area contributed by atoms with Crippen LogP contribution in [0.5, 0.6) is 5.75 Å². The van der Waals surface area contributed by atoms with Crippen LogP contribution in [0, 0.1) is 5.41 Å². The highest BCUT2D eigenvalue weighted by molar-refractivity contribution is 5.80. The number of amides is 1. The molecule has 0 bridgehead atoms. The fourth-order valence-electron chi connectivity index (χ4n) is 2.81. The molecule has 0 fully saturated rings. The Balaban J connectivity index is 2.68. The lowest BCUT2D eigenvalue weighted by Crippen LogP contribution is -2.46. The van der Waals surface area contributed by atoms with Gasteiger partial charge < -0.3 is 10.1 Å². The molecule has 0 aromatic heterocycles. The van der Waals surface area contributed by atoms with E-state index in [4.69, 9.17) is 4.74 Å². The molecule has 0 aliphatic carbocycles. The summed E-state index contributed by atoms with van der Waals surface area (Å²) in [5, 5.41) is 3.12. The number of nitrogens with one attached hydrogen (secondary N) is 1. The molecule has 1 rings (SSSR count). The molecule has 0 saturated heterocycles. The molecule has 112 valence electrons. The topological polar surface area (TPSA) is 38.3 Å². The zero-order chi connectivity index (χ0) is 15.4. The first-order valence-electron chi connectivity index (χ1n) is 7.06. The average Bonchev–Trinajstić information content (AvgIpc) is 2.25. The average molecular weight is 277 g/mol. The molecule has 1 amide bonds. The number of carbonyl (C=O) groups excluding carboxylic acids is 1. The molecule has 0 radical (unpaired) electrons. The predicted octanol–water partition coefficient (Wildman–Crippen LogP) is 3.57. The largest absolute Gasteiger partial charge is 0.496 e. The highest BCUT2D eigenvalue weighted by atomic mass is 16.5. The molecular weight excluding hydrogens is 250 g/mol. The standard InChI is InChI=1S/C17H27NO2/c1-16(2,3)12-17(4,5)18-15(19)11-13-9-7-8-10-14(13)20-6/h7-10H,11-12H2,1-6H3,(H,18,19). The molecule has 0 heterocycles. The fraction of sp³-hybridized carbons (Fsp3) is 0.588. The van der Waals surface area contributed by atoms with E-state index in [2.05, 4.69) is 39.9 Å². The van der Waals surface area contributed by atoms with Gasteiger partial charge in [-0.05, 0) is 31.7 Å². The van der Waals surface area contributed by atoms with Crippen molar-refractivity contribution < 1.29 is 9.53 Å². The van der Waals surface area contributed by atoms with Crippen LogP contribution in [0.1, 0.15) is 46.6 Å². The van der Waals surface area contributed by atoms with Gasteiger partial charge in [0.15, 0.2) is 0 Å². The smallest absolute Gasteiger partial charge is 0.224 e. The molecular formula is C17H27NO2. The Bertz CT molecular complexity index is 458. The number of carbonyl (C=O) groups is 1. The van der Waals surface area contributed by atoms with Crippen LogP contribution in [0.25, 0.3) is 0 Å². The van der Waals surface area contributed by atoms with Crippen LogP contribution in [-0.4, -0.2) is 18.6 Å². The summed E-state index contributed by atoms with van der Waals surface area (Å²) >= 11 is 0. The summed E-state index contributed by atoms with van der Waals surface area (Å²) in [5.41, 5.74) is 0.887. The highest BCUT2D eigenvalue weighted by Crippen LogP contribution is 2.27. The van der Waals surface area contributed by atoms with Crippen LogP contribution in [0.2, 0.25) is 0 Å². The maximum Gasteiger partial charge on any atom is 0.224 e. The summed E-state index contributed by atoms with van der Waals surface area (Å²) in [6.45, 7) is 10.7. The van der Waals surface area contributed by atoms with Crippen LogP contribution in [0.15, 0.2) is 24.3 Å². The number of benzene rings is 1. The predicted molar refractivity (Wildman–Crippen MR) is 83.0 cm³/mol. The van der Waals surface area contributed by atoms with Crippen LogP contribution in [-0.2, 0) is 11.2 Å². The first-order chi connectivity index (χ1) is 9.13. The van der Waals surface area contributed by atoms with E-state index in [0.717, 1.165) is 17.7 Å². The Hall–Kier alpha value is -1.51. The van der Waals surface area contributed by atoms with Gasteiger partial charge in [0.2, 0.25) is 5.91 Å². The Morgan fingerprint density at radius 3 is 2.30 bits per heavy atom. The molecule has 0 aliphatic rings. The summed E-state index contributed by atoms with van der Waals surface area (Å²) in [4.78, 5) is 12.2. The second-order valence-electron chi connectivity index (χ2n) is 7.16. The molecule has 20 heavy (non-hydrogen) atoms. The summed E-state index contributed by atoms with van der Waals surface area (Å²) < 4.78 is 5.28. The summed E-state index contributed by atoms with van der Waals surface area (Å²) in [6, 6.07) is 7.63. The van der Waals surface area contributed by atoms with Crippen molar-refractivity contribution in [2.75, 3.05) is 7.11 Å². The van der Waals surface area contributed by atoms with Crippen molar-refractivity contribution in [2.45, 2.75) is 53.0 Å². The molecule has 0 unspecified atom stereocenters. The van der Waals surface area contributed by atoms with Gasteiger partial charge in [0, 0.05) is 11.1 Å². The van der Waals surface area contributed by atoms with Gasteiger partial charge in [0.1, 0.15) is 5.75 Å². The lowest BCUT2D eigenvalue weighted by molar-refractivity contribution is -0.122. The monoisotopic (exact) mass is 277 g/mol. The van der Waals surface area contributed by atoms with Crippen LogP contribution in [0.4, 0.5) is 0 Å². The van der Waals surface area contributed by atoms with E-state index in [9.17, 15) is 4.79 Å². The SMILES string of the molecule is COc1ccccc1CC(=O)NC(C)(C)CC(C)(C)C. The summed E-state index contributed by atoms with van der Waals surface area (Å²) in [5.74, 6) is 0.792. The van der Waals surface area contributed by atoms with Crippen LogP contribution < -0.4 is 10.1 Å². The lowest BCUT2D eigenvalue weighted by atomic mass is 9.81. The number of rotatable bonds is 5.